The molecule has 3 aromatic carbocycles. The Bertz CT molecular complexity index is 941. The summed E-state index contributed by atoms with van der Waals surface area (Å²) in [5, 5.41) is 0. The van der Waals surface area contributed by atoms with Gasteiger partial charge in [0.05, 0.1) is 0 Å². The second kappa shape index (κ2) is 9.72. The largest absolute Gasteiger partial charge is 0.305 e. The molecule has 4 rings (SSSR count). The third kappa shape index (κ3) is 4.15. The third-order valence-electron chi connectivity index (χ3n) is 6.11. The fourth-order valence-corrected chi connectivity index (χ4v) is 8.54. The maximum absolute atomic E-state index is 15.6. The standard InChI is InChI=1S/C26H32N3OP/c1-3-27(4-2)26(23-15-8-5-9-16-23)31(30)28(24-17-10-6-11-18-24)21-14-22-29(31)25-19-12-7-13-20-25/h5-13,15-20,26H,3-4,14,21-22H2,1-2H3. The molecular weight excluding hydrogens is 401 g/mol. The summed E-state index contributed by atoms with van der Waals surface area (Å²) in [7, 11) is -3.11. The molecule has 5 heteroatoms. The first-order chi connectivity index (χ1) is 15.2. The van der Waals surface area contributed by atoms with E-state index in [-0.39, 0.29) is 5.78 Å². The lowest BCUT2D eigenvalue weighted by Gasteiger charge is -2.51. The normalized spacial score (nSPS) is 17.0. The Morgan fingerprint density at radius 3 is 1.58 bits per heavy atom. The minimum atomic E-state index is -3.11. The van der Waals surface area contributed by atoms with Crippen LogP contribution in [0.1, 0.15) is 31.6 Å². The summed E-state index contributed by atoms with van der Waals surface area (Å²) in [6.07, 6.45) is 0.966. The quantitative estimate of drug-likeness (QED) is 0.390. The van der Waals surface area contributed by atoms with Crippen molar-refractivity contribution in [3.05, 3.63) is 96.6 Å². The maximum Gasteiger partial charge on any atom is 0.284 e. The molecule has 0 aromatic heterocycles. The van der Waals surface area contributed by atoms with Crippen LogP contribution in [0.15, 0.2) is 91.0 Å². The molecule has 1 aliphatic rings. The van der Waals surface area contributed by atoms with E-state index in [0.717, 1.165) is 49.5 Å². The van der Waals surface area contributed by atoms with Crippen LogP contribution in [0.2, 0.25) is 0 Å². The molecular formula is C26H32N3OP. The lowest BCUT2D eigenvalue weighted by molar-refractivity contribution is 0.272. The van der Waals surface area contributed by atoms with Gasteiger partial charge in [-0.2, -0.15) is 0 Å². The van der Waals surface area contributed by atoms with Crippen molar-refractivity contribution in [1.82, 2.24) is 4.90 Å². The van der Waals surface area contributed by atoms with Gasteiger partial charge in [-0.1, -0.05) is 80.6 Å². The van der Waals surface area contributed by atoms with Crippen LogP contribution in [0.25, 0.3) is 0 Å². The molecule has 0 N–H and O–H groups in total. The minimum absolute atomic E-state index is 0.218. The van der Waals surface area contributed by atoms with Crippen molar-refractivity contribution in [2.75, 3.05) is 35.5 Å². The molecule has 1 saturated heterocycles. The molecule has 162 valence electrons. The highest BCUT2D eigenvalue weighted by Crippen LogP contribution is 2.68. The molecule has 1 atom stereocenters. The minimum Gasteiger partial charge on any atom is -0.305 e. The fourth-order valence-electron chi connectivity index (χ4n) is 4.65. The first-order valence-electron chi connectivity index (χ1n) is 11.2. The van der Waals surface area contributed by atoms with Crippen molar-refractivity contribution in [2.24, 2.45) is 0 Å². The van der Waals surface area contributed by atoms with Crippen LogP contribution in [-0.2, 0) is 4.57 Å². The molecule has 0 amide bonds. The molecule has 0 aliphatic carbocycles. The van der Waals surface area contributed by atoms with Gasteiger partial charge in [0.2, 0.25) is 0 Å². The van der Waals surface area contributed by atoms with Crippen LogP contribution in [-0.4, -0.2) is 31.1 Å². The SMILES string of the molecule is CCN(CC)C(c1ccccc1)P1(=O)N(c2ccccc2)CCCN1c1ccccc1. The summed E-state index contributed by atoms with van der Waals surface area (Å²) in [5.41, 5.74) is 3.16. The number of benzene rings is 3. The van der Waals surface area contributed by atoms with Crippen molar-refractivity contribution in [3.8, 4) is 0 Å². The van der Waals surface area contributed by atoms with Crippen molar-refractivity contribution >= 4 is 18.8 Å². The molecule has 3 aromatic rings. The lowest BCUT2D eigenvalue weighted by Crippen LogP contribution is -2.45. The third-order valence-corrected chi connectivity index (χ3v) is 9.62. The molecule has 1 unspecified atom stereocenters. The van der Waals surface area contributed by atoms with Gasteiger partial charge in [0, 0.05) is 24.5 Å². The molecule has 0 bridgehead atoms. The number of nitrogens with zero attached hydrogens (tertiary/aromatic N) is 3. The fraction of sp³-hybridized carbons (Fsp3) is 0.308. The monoisotopic (exact) mass is 433 g/mol. The van der Waals surface area contributed by atoms with Crippen molar-refractivity contribution in [1.29, 1.82) is 0 Å². The number of para-hydroxylation sites is 2. The Morgan fingerprint density at radius 2 is 1.16 bits per heavy atom. The molecule has 31 heavy (non-hydrogen) atoms. The predicted octanol–water partition coefficient (Wildman–Crippen LogP) is 6.64. The Balaban J connectivity index is 1.94. The van der Waals surface area contributed by atoms with Crippen LogP contribution in [0, 0.1) is 0 Å². The number of hydrogen-bond acceptors (Lipinski definition) is 2. The molecule has 4 nitrogen and oxygen atoms in total. The summed E-state index contributed by atoms with van der Waals surface area (Å²) in [6, 6.07) is 30.9. The van der Waals surface area contributed by atoms with Crippen molar-refractivity contribution < 1.29 is 4.57 Å². The highest BCUT2D eigenvalue weighted by molar-refractivity contribution is 7.67. The van der Waals surface area contributed by atoms with Gasteiger partial charge in [-0.25, -0.2) is 0 Å². The Hall–Kier alpha value is -2.55. The van der Waals surface area contributed by atoms with E-state index in [1.807, 2.05) is 42.5 Å². The molecule has 1 heterocycles. The molecule has 1 fully saturated rings. The van der Waals surface area contributed by atoms with Crippen LogP contribution in [0.5, 0.6) is 0 Å². The zero-order chi connectivity index (χ0) is 21.7. The lowest BCUT2D eigenvalue weighted by atomic mass is 10.2. The van der Waals surface area contributed by atoms with E-state index < -0.39 is 7.44 Å². The van der Waals surface area contributed by atoms with Gasteiger partial charge in [0.25, 0.3) is 7.44 Å². The summed E-state index contributed by atoms with van der Waals surface area (Å²) in [5.74, 6) is -0.218. The van der Waals surface area contributed by atoms with E-state index in [1.54, 1.807) is 0 Å². The summed E-state index contributed by atoms with van der Waals surface area (Å²) in [6.45, 7) is 7.57. The van der Waals surface area contributed by atoms with Gasteiger partial charge in [-0.3, -0.25) is 9.46 Å². The van der Waals surface area contributed by atoms with E-state index in [4.69, 9.17) is 0 Å². The van der Waals surface area contributed by atoms with Crippen LogP contribution < -0.4 is 9.34 Å². The highest BCUT2D eigenvalue weighted by Gasteiger charge is 2.49. The molecule has 0 radical (unpaired) electrons. The van der Waals surface area contributed by atoms with Crippen molar-refractivity contribution in [3.63, 3.8) is 0 Å². The van der Waals surface area contributed by atoms with Crippen LogP contribution in [0.3, 0.4) is 0 Å². The maximum atomic E-state index is 15.6. The topological polar surface area (TPSA) is 26.8 Å². The first-order valence-corrected chi connectivity index (χ1v) is 12.9. The zero-order valence-corrected chi connectivity index (χ0v) is 19.4. The molecule has 1 aliphatic heterocycles. The Morgan fingerprint density at radius 1 is 0.742 bits per heavy atom. The number of anilines is 2. The Labute approximate surface area is 186 Å². The number of hydrogen-bond donors (Lipinski definition) is 0. The van der Waals surface area contributed by atoms with Crippen LogP contribution in [0.4, 0.5) is 11.4 Å². The average molecular weight is 434 g/mol. The van der Waals surface area contributed by atoms with Gasteiger partial charge in [0.1, 0.15) is 5.78 Å². The van der Waals surface area contributed by atoms with E-state index >= 15 is 4.57 Å². The van der Waals surface area contributed by atoms with Gasteiger partial charge in [-0.15, -0.1) is 0 Å². The van der Waals surface area contributed by atoms with Gasteiger partial charge in [-0.05, 0) is 49.3 Å². The summed E-state index contributed by atoms with van der Waals surface area (Å²) in [4.78, 5) is 2.35. The molecule has 0 saturated carbocycles. The molecule has 0 spiro atoms. The van der Waals surface area contributed by atoms with E-state index in [1.165, 1.54) is 0 Å². The van der Waals surface area contributed by atoms with E-state index in [0.29, 0.717) is 0 Å². The van der Waals surface area contributed by atoms with Crippen LogP contribution >= 0.6 is 7.44 Å². The summed E-state index contributed by atoms with van der Waals surface area (Å²) >= 11 is 0. The van der Waals surface area contributed by atoms with Gasteiger partial charge < -0.3 is 9.34 Å². The van der Waals surface area contributed by atoms with E-state index in [9.17, 15) is 0 Å². The predicted molar refractivity (Wildman–Crippen MR) is 132 cm³/mol. The zero-order valence-electron chi connectivity index (χ0n) is 18.5. The summed E-state index contributed by atoms with van der Waals surface area (Å²) < 4.78 is 20.0. The number of rotatable bonds is 7. The van der Waals surface area contributed by atoms with E-state index in [2.05, 4.69) is 76.6 Å². The smallest absolute Gasteiger partial charge is 0.284 e. The van der Waals surface area contributed by atoms with Gasteiger partial charge >= 0.3 is 0 Å². The Kier molecular flexibility index (Phi) is 6.80. The first kappa shape index (κ1) is 21.7. The van der Waals surface area contributed by atoms with Gasteiger partial charge in [0.15, 0.2) is 0 Å². The second-order valence-corrected chi connectivity index (χ2v) is 10.5. The van der Waals surface area contributed by atoms with Crippen molar-refractivity contribution in [2.45, 2.75) is 26.1 Å². The highest BCUT2D eigenvalue weighted by atomic mass is 31.2. The average Bonchev–Trinajstić information content (AvgIpc) is 2.84. The second-order valence-electron chi connectivity index (χ2n) is 7.87.